The van der Waals surface area contributed by atoms with Crippen molar-refractivity contribution in [1.29, 1.82) is 0 Å². The summed E-state index contributed by atoms with van der Waals surface area (Å²) in [5.41, 5.74) is 3.69. The molecule has 0 aromatic heterocycles. The molecule has 2 aromatic rings. The van der Waals surface area contributed by atoms with Crippen molar-refractivity contribution in [3.8, 4) is 16.9 Å². The number of carbonyl (C=O) groups is 1. The summed E-state index contributed by atoms with van der Waals surface area (Å²) in [5.74, 6) is 0.807. The predicted molar refractivity (Wildman–Crippen MR) is 84.4 cm³/mol. The first kappa shape index (κ1) is 14.4. The second-order valence-electron chi connectivity index (χ2n) is 6.15. The fraction of sp³-hybridized carbons (Fsp3) is 0.316. The van der Waals surface area contributed by atoms with Gasteiger partial charge in [-0.15, -0.1) is 0 Å². The van der Waals surface area contributed by atoms with Crippen LogP contribution < -0.4 is 4.74 Å². The first-order chi connectivity index (χ1) is 11.2. The first-order valence-corrected chi connectivity index (χ1v) is 7.88. The highest BCUT2D eigenvalue weighted by Crippen LogP contribution is 2.46. The van der Waals surface area contributed by atoms with E-state index < -0.39 is 0 Å². The van der Waals surface area contributed by atoms with Gasteiger partial charge in [0.05, 0.1) is 18.8 Å². The number of ether oxygens (including phenoxy) is 2. The van der Waals surface area contributed by atoms with Crippen LogP contribution in [0, 0.1) is 5.82 Å². The van der Waals surface area contributed by atoms with E-state index in [1.165, 1.54) is 12.1 Å². The summed E-state index contributed by atoms with van der Waals surface area (Å²) in [7, 11) is 0. The lowest BCUT2D eigenvalue weighted by Crippen LogP contribution is -2.38. The van der Waals surface area contributed by atoms with Gasteiger partial charge in [-0.05, 0) is 59.7 Å². The van der Waals surface area contributed by atoms with Gasteiger partial charge in [0.1, 0.15) is 17.7 Å². The summed E-state index contributed by atoms with van der Waals surface area (Å²) in [6.07, 6.45) is 3.10. The molecule has 2 fully saturated rings. The molecule has 2 aromatic carbocycles. The zero-order chi connectivity index (χ0) is 15.8. The van der Waals surface area contributed by atoms with Crippen molar-refractivity contribution in [2.75, 3.05) is 13.2 Å². The highest BCUT2D eigenvalue weighted by molar-refractivity contribution is 5.84. The van der Waals surface area contributed by atoms with Crippen LogP contribution in [0.15, 0.2) is 36.4 Å². The van der Waals surface area contributed by atoms with E-state index in [9.17, 15) is 9.18 Å². The molecule has 0 spiro atoms. The van der Waals surface area contributed by atoms with E-state index in [0.717, 1.165) is 35.8 Å². The summed E-state index contributed by atoms with van der Waals surface area (Å²) in [4.78, 5) is 11.4. The van der Waals surface area contributed by atoms with E-state index in [4.69, 9.17) is 9.47 Å². The lowest BCUT2D eigenvalue weighted by Gasteiger charge is -2.28. The molecule has 23 heavy (non-hydrogen) atoms. The third kappa shape index (κ3) is 2.86. The number of halogens is 1. The van der Waals surface area contributed by atoms with Gasteiger partial charge in [0.2, 0.25) is 0 Å². The first-order valence-electron chi connectivity index (χ1n) is 7.88. The van der Waals surface area contributed by atoms with Gasteiger partial charge in [-0.25, -0.2) is 4.39 Å². The maximum atomic E-state index is 13.2. The zero-order valence-electron chi connectivity index (χ0n) is 12.6. The molecule has 1 aliphatic heterocycles. The van der Waals surface area contributed by atoms with Gasteiger partial charge in [-0.3, -0.25) is 4.79 Å². The normalized spacial score (nSPS) is 17.6. The van der Waals surface area contributed by atoms with Crippen molar-refractivity contribution in [3.63, 3.8) is 0 Å². The van der Waals surface area contributed by atoms with Crippen molar-refractivity contribution in [1.82, 2.24) is 0 Å². The summed E-state index contributed by atoms with van der Waals surface area (Å²) in [6.45, 7) is 1.10. The molecular weight excluding hydrogens is 295 g/mol. The third-order valence-corrected chi connectivity index (χ3v) is 4.38. The van der Waals surface area contributed by atoms with Gasteiger partial charge in [-0.2, -0.15) is 0 Å². The Labute approximate surface area is 134 Å². The Kier molecular flexibility index (Phi) is 3.62. The zero-order valence-corrected chi connectivity index (χ0v) is 12.6. The van der Waals surface area contributed by atoms with Crippen LogP contribution in [0.1, 0.15) is 34.7 Å². The number of aldehydes is 1. The van der Waals surface area contributed by atoms with Gasteiger partial charge in [0.15, 0.2) is 6.29 Å². The molecular formula is C19H17FO3. The largest absolute Gasteiger partial charge is 0.485 e. The number of hydrogen-bond donors (Lipinski definition) is 0. The molecule has 4 rings (SSSR count). The predicted octanol–water partition coefficient (Wildman–Crippen LogP) is 3.96. The molecule has 0 radical (unpaired) electrons. The van der Waals surface area contributed by atoms with Gasteiger partial charge in [0, 0.05) is 0 Å². The van der Waals surface area contributed by atoms with Crippen LogP contribution in [0.3, 0.4) is 0 Å². The molecule has 0 atom stereocenters. The van der Waals surface area contributed by atoms with Crippen LogP contribution in [0.2, 0.25) is 0 Å². The van der Waals surface area contributed by atoms with Gasteiger partial charge in [-0.1, -0.05) is 12.1 Å². The summed E-state index contributed by atoms with van der Waals surface area (Å²) in [5, 5.41) is 0. The van der Waals surface area contributed by atoms with E-state index in [0.29, 0.717) is 30.4 Å². The van der Waals surface area contributed by atoms with Crippen molar-refractivity contribution in [2.45, 2.75) is 24.9 Å². The molecule has 3 nitrogen and oxygen atoms in total. The van der Waals surface area contributed by atoms with Crippen molar-refractivity contribution in [3.05, 3.63) is 53.3 Å². The summed E-state index contributed by atoms with van der Waals surface area (Å²) >= 11 is 0. The average Bonchev–Trinajstić information content (AvgIpc) is 3.36. The Morgan fingerprint density at radius 3 is 2.43 bits per heavy atom. The highest BCUT2D eigenvalue weighted by atomic mass is 19.1. The molecule has 1 heterocycles. The van der Waals surface area contributed by atoms with Gasteiger partial charge < -0.3 is 9.47 Å². The molecule has 1 saturated carbocycles. The Balaban J connectivity index is 1.79. The lowest BCUT2D eigenvalue weighted by atomic mass is 9.94. The fourth-order valence-electron chi connectivity index (χ4n) is 2.88. The molecule has 118 valence electrons. The standard InChI is InChI=1S/C19H17FO3/c20-15-5-3-13(4-6-15)18-8-19(23-16-10-22-11-16)14(9-21)7-17(18)12-1-2-12/h3-9,12,16H,1-2,10-11H2. The van der Waals surface area contributed by atoms with Crippen LogP contribution in [-0.2, 0) is 4.74 Å². The van der Waals surface area contributed by atoms with Crippen LogP contribution in [0.4, 0.5) is 4.39 Å². The Morgan fingerprint density at radius 2 is 1.87 bits per heavy atom. The van der Waals surface area contributed by atoms with Crippen LogP contribution in [0.25, 0.3) is 11.1 Å². The van der Waals surface area contributed by atoms with E-state index >= 15 is 0 Å². The van der Waals surface area contributed by atoms with Gasteiger partial charge >= 0.3 is 0 Å². The van der Waals surface area contributed by atoms with Crippen LogP contribution in [-0.4, -0.2) is 25.6 Å². The van der Waals surface area contributed by atoms with Crippen LogP contribution >= 0.6 is 0 Å². The smallest absolute Gasteiger partial charge is 0.153 e. The van der Waals surface area contributed by atoms with E-state index in [2.05, 4.69) is 0 Å². The Morgan fingerprint density at radius 1 is 1.13 bits per heavy atom. The van der Waals surface area contributed by atoms with Crippen LogP contribution in [0.5, 0.6) is 5.75 Å². The summed E-state index contributed by atoms with van der Waals surface area (Å²) in [6, 6.07) is 10.3. The molecule has 0 bridgehead atoms. The summed E-state index contributed by atoms with van der Waals surface area (Å²) < 4.78 is 24.2. The number of hydrogen-bond acceptors (Lipinski definition) is 3. The maximum Gasteiger partial charge on any atom is 0.153 e. The molecule has 1 saturated heterocycles. The third-order valence-electron chi connectivity index (χ3n) is 4.38. The lowest BCUT2D eigenvalue weighted by molar-refractivity contribution is -0.0797. The molecule has 0 amide bonds. The second-order valence-corrected chi connectivity index (χ2v) is 6.15. The highest BCUT2D eigenvalue weighted by Gasteiger charge is 2.29. The van der Waals surface area contributed by atoms with E-state index in [1.807, 2.05) is 12.1 Å². The molecule has 4 heteroatoms. The fourth-order valence-corrected chi connectivity index (χ4v) is 2.88. The number of benzene rings is 2. The molecule has 0 N–H and O–H groups in total. The SMILES string of the molecule is O=Cc1cc(C2CC2)c(-c2ccc(F)cc2)cc1OC1COC1. The number of carbonyl (C=O) groups excluding carboxylic acids is 1. The molecule has 1 aliphatic carbocycles. The molecule has 2 aliphatic rings. The van der Waals surface area contributed by atoms with Crippen molar-refractivity contribution < 1.29 is 18.7 Å². The minimum atomic E-state index is -0.255. The Bertz CT molecular complexity index is 731. The Hall–Kier alpha value is -2.20. The minimum absolute atomic E-state index is 0.00143. The minimum Gasteiger partial charge on any atom is -0.485 e. The number of rotatable bonds is 5. The van der Waals surface area contributed by atoms with Crippen molar-refractivity contribution >= 4 is 6.29 Å². The van der Waals surface area contributed by atoms with E-state index in [1.54, 1.807) is 12.1 Å². The monoisotopic (exact) mass is 312 g/mol. The molecule has 0 unspecified atom stereocenters. The topological polar surface area (TPSA) is 35.5 Å². The average molecular weight is 312 g/mol. The van der Waals surface area contributed by atoms with Crippen molar-refractivity contribution in [2.24, 2.45) is 0 Å². The van der Waals surface area contributed by atoms with Gasteiger partial charge in [0.25, 0.3) is 0 Å². The van der Waals surface area contributed by atoms with E-state index in [-0.39, 0.29) is 11.9 Å². The second kappa shape index (κ2) is 5.78. The quantitative estimate of drug-likeness (QED) is 0.784. The maximum absolute atomic E-state index is 13.2.